The van der Waals surface area contributed by atoms with E-state index in [2.05, 4.69) is 0 Å². The topological polar surface area (TPSA) is 69.7 Å². The molecule has 0 aromatic heterocycles. The van der Waals surface area contributed by atoms with Crippen LogP contribution in [0.4, 0.5) is 0 Å². The predicted octanol–water partition coefficient (Wildman–Crippen LogP) is 2.45. The van der Waals surface area contributed by atoms with Crippen LogP contribution < -0.4 is 4.74 Å². The zero-order chi connectivity index (χ0) is 17.2. The molecule has 5 heteroatoms. The van der Waals surface area contributed by atoms with Crippen molar-refractivity contribution in [2.45, 2.75) is 45.1 Å². The summed E-state index contributed by atoms with van der Waals surface area (Å²) < 4.78 is 10.5. The molecule has 1 aliphatic rings. The first-order valence-corrected chi connectivity index (χ1v) is 7.72. The van der Waals surface area contributed by atoms with Crippen LogP contribution in [0.5, 0.6) is 5.75 Å². The number of esters is 1. The molecule has 0 saturated carbocycles. The predicted molar refractivity (Wildman–Crippen MR) is 84.3 cm³/mol. The summed E-state index contributed by atoms with van der Waals surface area (Å²) >= 11 is 0. The molecule has 0 N–H and O–H groups in total. The molecule has 1 aliphatic heterocycles. The molecule has 0 aliphatic carbocycles. The zero-order valence-electron chi connectivity index (χ0n) is 13.9. The van der Waals surface area contributed by atoms with Gasteiger partial charge in [-0.15, -0.1) is 0 Å². The first-order chi connectivity index (χ1) is 10.8. The largest absolute Gasteiger partial charge is 0.497 e. The Morgan fingerprint density at radius 2 is 1.87 bits per heavy atom. The number of benzene rings is 1. The summed E-state index contributed by atoms with van der Waals surface area (Å²) in [6.45, 7) is 5.13. The third kappa shape index (κ3) is 3.00. The minimum Gasteiger partial charge on any atom is -0.497 e. The van der Waals surface area contributed by atoms with Gasteiger partial charge < -0.3 is 14.3 Å². The van der Waals surface area contributed by atoms with Gasteiger partial charge in [0.1, 0.15) is 11.5 Å². The van der Waals surface area contributed by atoms with E-state index in [0.29, 0.717) is 11.3 Å². The van der Waals surface area contributed by atoms with Crippen molar-refractivity contribution in [3.05, 3.63) is 29.8 Å². The Balaban J connectivity index is 2.49. The Kier molecular flexibility index (Phi) is 4.88. The van der Waals surface area contributed by atoms with Crippen LogP contribution in [-0.2, 0) is 24.5 Å². The van der Waals surface area contributed by atoms with E-state index in [0.717, 1.165) is 0 Å². The number of methoxy groups -OCH3 is 1. The highest BCUT2D eigenvalue weighted by Gasteiger charge is 2.58. The lowest BCUT2D eigenvalue weighted by molar-refractivity contribution is -0.147. The lowest BCUT2D eigenvalue weighted by Crippen LogP contribution is -2.41. The van der Waals surface area contributed by atoms with Gasteiger partial charge in [0.15, 0.2) is 17.3 Å². The van der Waals surface area contributed by atoms with E-state index in [1.165, 1.54) is 6.92 Å². The molecule has 2 atom stereocenters. The second-order valence-corrected chi connectivity index (χ2v) is 6.27. The van der Waals surface area contributed by atoms with Gasteiger partial charge in [0, 0.05) is 6.42 Å². The molecule has 1 aromatic carbocycles. The first kappa shape index (κ1) is 17.2. The van der Waals surface area contributed by atoms with E-state index < -0.39 is 17.5 Å². The van der Waals surface area contributed by atoms with Gasteiger partial charge >= 0.3 is 5.97 Å². The normalized spacial score (nSPS) is 24.0. The van der Waals surface area contributed by atoms with Crippen LogP contribution in [-0.4, -0.2) is 30.7 Å². The summed E-state index contributed by atoms with van der Waals surface area (Å²) in [5.41, 5.74) is -0.843. The van der Waals surface area contributed by atoms with Crippen LogP contribution in [0.1, 0.15) is 39.2 Å². The molecule has 0 unspecified atom stereocenters. The fraction of sp³-hybridized carbons (Fsp3) is 0.500. The molecule has 2 rings (SSSR count). The lowest BCUT2D eigenvalue weighted by Gasteiger charge is -2.24. The van der Waals surface area contributed by atoms with Gasteiger partial charge in [0.25, 0.3) is 0 Å². The Labute approximate surface area is 136 Å². The third-order valence-electron chi connectivity index (χ3n) is 4.30. The zero-order valence-corrected chi connectivity index (χ0v) is 13.9. The third-order valence-corrected chi connectivity index (χ3v) is 4.30. The number of hydrogen-bond donors (Lipinski definition) is 0. The molecule has 0 spiro atoms. The average Bonchev–Trinajstić information content (AvgIpc) is 2.78. The van der Waals surface area contributed by atoms with Crippen molar-refractivity contribution in [3.8, 4) is 5.75 Å². The van der Waals surface area contributed by atoms with Crippen molar-refractivity contribution in [2.75, 3.05) is 7.11 Å². The minimum absolute atomic E-state index is 0.0634. The van der Waals surface area contributed by atoms with Crippen LogP contribution in [0.25, 0.3) is 0 Å². The van der Waals surface area contributed by atoms with Crippen LogP contribution in [0.15, 0.2) is 24.3 Å². The maximum atomic E-state index is 13.0. The summed E-state index contributed by atoms with van der Waals surface area (Å²) in [5, 5.41) is 0. The molecule has 5 nitrogen and oxygen atoms in total. The first-order valence-electron chi connectivity index (χ1n) is 7.72. The Morgan fingerprint density at radius 1 is 1.26 bits per heavy atom. The van der Waals surface area contributed by atoms with Crippen LogP contribution in [0.2, 0.25) is 0 Å². The fourth-order valence-corrected chi connectivity index (χ4v) is 2.92. The number of Topliss-reactive ketones (excluding diaryl/α,β-unsaturated/α-hetero) is 2. The van der Waals surface area contributed by atoms with Crippen molar-refractivity contribution >= 4 is 17.5 Å². The van der Waals surface area contributed by atoms with E-state index in [4.69, 9.17) is 9.47 Å². The number of carbonyl (C=O) groups is 3. The van der Waals surface area contributed by atoms with Crippen molar-refractivity contribution in [1.29, 1.82) is 0 Å². The molecular weight excluding hydrogens is 296 g/mol. The summed E-state index contributed by atoms with van der Waals surface area (Å²) in [7, 11) is 1.55. The molecule has 0 radical (unpaired) electrons. The van der Waals surface area contributed by atoms with Crippen LogP contribution >= 0.6 is 0 Å². The van der Waals surface area contributed by atoms with E-state index in [1.807, 2.05) is 13.8 Å². The van der Waals surface area contributed by atoms with Crippen LogP contribution in [0.3, 0.4) is 0 Å². The fourth-order valence-electron chi connectivity index (χ4n) is 2.92. The minimum atomic E-state index is -1.40. The summed E-state index contributed by atoms with van der Waals surface area (Å²) in [6, 6.07) is 6.80. The highest BCUT2D eigenvalue weighted by atomic mass is 16.6. The van der Waals surface area contributed by atoms with E-state index in [-0.39, 0.29) is 30.3 Å². The summed E-state index contributed by atoms with van der Waals surface area (Å²) in [5.74, 6) is -0.360. The van der Waals surface area contributed by atoms with Crippen molar-refractivity contribution in [3.63, 3.8) is 0 Å². The van der Waals surface area contributed by atoms with Gasteiger partial charge in [-0.1, -0.05) is 26.0 Å². The van der Waals surface area contributed by atoms with E-state index >= 15 is 0 Å². The molecule has 1 aromatic rings. The maximum absolute atomic E-state index is 13.0. The van der Waals surface area contributed by atoms with Crippen molar-refractivity contribution in [1.82, 2.24) is 0 Å². The van der Waals surface area contributed by atoms with E-state index in [1.54, 1.807) is 31.4 Å². The number of cyclic esters (lactones) is 1. The Hall–Kier alpha value is -2.17. The molecular formula is C18H22O5. The van der Waals surface area contributed by atoms with Crippen molar-refractivity contribution < 1.29 is 23.9 Å². The molecule has 23 heavy (non-hydrogen) atoms. The van der Waals surface area contributed by atoms with E-state index in [9.17, 15) is 14.4 Å². The number of carbonyl (C=O) groups excluding carboxylic acids is 3. The number of rotatable bonds is 6. The standard InChI is InChI=1S/C18H22O5/c1-11(2)15-16(20)18(17(21)23-15,10-9-12(3)19)13-5-7-14(22-4)8-6-13/h5-8,11,15H,9-10H2,1-4H3/t15-,18+/m0/s1. The molecule has 124 valence electrons. The second kappa shape index (κ2) is 6.52. The molecule has 1 fully saturated rings. The lowest BCUT2D eigenvalue weighted by atomic mass is 9.72. The maximum Gasteiger partial charge on any atom is 0.325 e. The Morgan fingerprint density at radius 3 is 2.30 bits per heavy atom. The van der Waals surface area contributed by atoms with Gasteiger partial charge in [-0.2, -0.15) is 0 Å². The second-order valence-electron chi connectivity index (χ2n) is 6.27. The molecule has 0 bridgehead atoms. The van der Waals surface area contributed by atoms with Crippen LogP contribution in [0, 0.1) is 5.92 Å². The highest BCUT2D eigenvalue weighted by molar-refractivity contribution is 6.16. The van der Waals surface area contributed by atoms with Gasteiger partial charge in [0.2, 0.25) is 0 Å². The number of ketones is 2. The monoisotopic (exact) mass is 318 g/mol. The summed E-state index contributed by atoms with van der Waals surface area (Å²) in [4.78, 5) is 37.0. The van der Waals surface area contributed by atoms with Gasteiger partial charge in [-0.05, 0) is 37.0 Å². The van der Waals surface area contributed by atoms with Gasteiger partial charge in [-0.3, -0.25) is 9.59 Å². The number of hydrogen-bond acceptors (Lipinski definition) is 5. The molecule has 1 saturated heterocycles. The molecule has 1 heterocycles. The number of ether oxygens (including phenoxy) is 2. The van der Waals surface area contributed by atoms with Gasteiger partial charge in [-0.25, -0.2) is 0 Å². The average molecular weight is 318 g/mol. The highest BCUT2D eigenvalue weighted by Crippen LogP contribution is 2.41. The smallest absolute Gasteiger partial charge is 0.325 e. The quantitative estimate of drug-likeness (QED) is 0.595. The summed E-state index contributed by atoms with van der Waals surface area (Å²) in [6.07, 6.45) is -0.482. The Bertz CT molecular complexity index is 617. The SMILES string of the molecule is COc1ccc([C@@]2(CCC(C)=O)C(=O)O[C@@H](C(C)C)C2=O)cc1. The molecule has 0 amide bonds. The van der Waals surface area contributed by atoms with Gasteiger partial charge in [0.05, 0.1) is 7.11 Å². The van der Waals surface area contributed by atoms with Crippen molar-refractivity contribution in [2.24, 2.45) is 5.92 Å².